The van der Waals surface area contributed by atoms with Crippen molar-refractivity contribution in [3.05, 3.63) is 23.8 Å². The summed E-state index contributed by atoms with van der Waals surface area (Å²) in [4.78, 5) is 12.3. The molecule has 1 fully saturated rings. The number of anilines is 1. The van der Waals surface area contributed by atoms with Crippen molar-refractivity contribution in [2.45, 2.75) is 34.2 Å². The largest absolute Gasteiger partial charge is 0.495 e. The molecule has 1 aromatic rings. The number of ether oxygens (including phenoxy) is 1. The van der Waals surface area contributed by atoms with Crippen molar-refractivity contribution in [1.82, 2.24) is 5.32 Å². The van der Waals surface area contributed by atoms with Crippen LogP contribution in [0.25, 0.3) is 0 Å². The normalized spacial score (nSPS) is 19.4. The van der Waals surface area contributed by atoms with Crippen molar-refractivity contribution in [3.8, 4) is 5.75 Å². The van der Waals surface area contributed by atoms with Gasteiger partial charge >= 0.3 is 0 Å². The molecule has 1 aliphatic carbocycles. The van der Waals surface area contributed by atoms with Crippen LogP contribution in [0, 0.1) is 16.7 Å². The maximum Gasteiger partial charge on any atom is 0.224 e. The van der Waals surface area contributed by atoms with E-state index in [4.69, 9.17) is 10.5 Å². The van der Waals surface area contributed by atoms with Crippen LogP contribution in [0.2, 0.25) is 0 Å². The highest BCUT2D eigenvalue weighted by atomic mass is 16.5. The predicted molar refractivity (Wildman–Crippen MR) is 80.3 cm³/mol. The molecule has 0 unspecified atom stereocenters. The Morgan fingerprint density at radius 3 is 2.35 bits per heavy atom. The molecule has 3 N–H and O–H groups in total. The van der Waals surface area contributed by atoms with Crippen molar-refractivity contribution in [3.63, 3.8) is 0 Å². The zero-order chi connectivity index (χ0) is 15.1. The summed E-state index contributed by atoms with van der Waals surface area (Å²) in [6.07, 6.45) is 0. The Morgan fingerprint density at radius 1 is 1.30 bits per heavy atom. The standard InChI is InChI=1S/C16H24N2O2/c1-15(2)13(16(15,3)4)14(19)18-9-10-6-7-12(20-5)11(17)8-10/h6-8,13H,9,17H2,1-5H3,(H,18,19). The van der Waals surface area contributed by atoms with Crippen molar-refractivity contribution < 1.29 is 9.53 Å². The first-order valence-corrected chi connectivity index (χ1v) is 6.92. The van der Waals surface area contributed by atoms with Crippen LogP contribution in [-0.2, 0) is 11.3 Å². The first kappa shape index (κ1) is 14.7. The lowest BCUT2D eigenvalue weighted by Crippen LogP contribution is -2.26. The number of nitrogens with two attached hydrogens (primary N) is 1. The van der Waals surface area contributed by atoms with E-state index in [1.807, 2.05) is 18.2 Å². The summed E-state index contributed by atoms with van der Waals surface area (Å²) in [5, 5.41) is 3.00. The lowest BCUT2D eigenvalue weighted by atomic mass is 10.0. The third kappa shape index (κ3) is 2.23. The van der Waals surface area contributed by atoms with E-state index in [-0.39, 0.29) is 22.7 Å². The molecule has 110 valence electrons. The van der Waals surface area contributed by atoms with Gasteiger partial charge in [0.2, 0.25) is 5.91 Å². The van der Waals surface area contributed by atoms with Crippen LogP contribution in [0.1, 0.15) is 33.3 Å². The molecule has 0 saturated heterocycles. The van der Waals surface area contributed by atoms with E-state index >= 15 is 0 Å². The second kappa shape index (κ2) is 4.69. The summed E-state index contributed by atoms with van der Waals surface area (Å²) in [6.45, 7) is 9.06. The van der Waals surface area contributed by atoms with Gasteiger partial charge < -0.3 is 15.8 Å². The van der Waals surface area contributed by atoms with E-state index in [1.165, 1.54) is 0 Å². The Kier molecular flexibility index (Phi) is 3.44. The van der Waals surface area contributed by atoms with E-state index in [9.17, 15) is 4.79 Å². The van der Waals surface area contributed by atoms with Crippen molar-refractivity contribution >= 4 is 11.6 Å². The number of amides is 1. The minimum atomic E-state index is 0.0655. The second-order valence-electron chi connectivity index (χ2n) is 6.67. The van der Waals surface area contributed by atoms with Crippen LogP contribution in [0.3, 0.4) is 0 Å². The number of rotatable bonds is 4. The van der Waals surface area contributed by atoms with Crippen LogP contribution in [0.15, 0.2) is 18.2 Å². The van der Waals surface area contributed by atoms with Gasteiger partial charge in [0.05, 0.1) is 12.8 Å². The van der Waals surface area contributed by atoms with Crippen molar-refractivity contribution in [1.29, 1.82) is 0 Å². The fourth-order valence-electron chi connectivity index (χ4n) is 3.04. The molecule has 0 aliphatic heterocycles. The molecule has 1 saturated carbocycles. The minimum absolute atomic E-state index is 0.0655. The summed E-state index contributed by atoms with van der Waals surface area (Å²) in [5.74, 6) is 0.851. The summed E-state index contributed by atoms with van der Waals surface area (Å²) in [6, 6.07) is 5.57. The van der Waals surface area contributed by atoms with Crippen molar-refractivity contribution in [2.75, 3.05) is 12.8 Å². The maximum absolute atomic E-state index is 12.3. The Labute approximate surface area is 120 Å². The van der Waals surface area contributed by atoms with E-state index in [0.717, 1.165) is 5.56 Å². The third-order valence-electron chi connectivity index (χ3n) is 5.04. The number of nitrogen functional groups attached to an aromatic ring is 1. The minimum Gasteiger partial charge on any atom is -0.495 e. The van der Waals surface area contributed by atoms with Gasteiger partial charge in [-0.3, -0.25) is 4.79 Å². The summed E-state index contributed by atoms with van der Waals surface area (Å²) in [7, 11) is 1.59. The molecule has 2 rings (SSSR count). The van der Waals surface area contributed by atoms with Gasteiger partial charge in [-0.2, -0.15) is 0 Å². The van der Waals surface area contributed by atoms with Gasteiger partial charge in [-0.05, 0) is 28.5 Å². The molecule has 0 spiro atoms. The quantitative estimate of drug-likeness (QED) is 0.831. The van der Waals surface area contributed by atoms with E-state index in [0.29, 0.717) is 18.0 Å². The Hall–Kier alpha value is -1.71. The molecule has 4 nitrogen and oxygen atoms in total. The van der Waals surface area contributed by atoms with Gasteiger partial charge in [-0.25, -0.2) is 0 Å². The van der Waals surface area contributed by atoms with Gasteiger partial charge in [0.15, 0.2) is 0 Å². The van der Waals surface area contributed by atoms with Gasteiger partial charge in [-0.15, -0.1) is 0 Å². The predicted octanol–water partition coefficient (Wildman–Crippen LogP) is 2.58. The zero-order valence-corrected chi connectivity index (χ0v) is 12.9. The smallest absolute Gasteiger partial charge is 0.224 e. The van der Waals surface area contributed by atoms with Gasteiger partial charge in [-0.1, -0.05) is 33.8 Å². The molecule has 0 aromatic heterocycles. The maximum atomic E-state index is 12.3. The number of methoxy groups -OCH3 is 1. The van der Waals surface area contributed by atoms with Crippen LogP contribution in [0.4, 0.5) is 5.69 Å². The summed E-state index contributed by atoms with van der Waals surface area (Å²) < 4.78 is 5.12. The van der Waals surface area contributed by atoms with Gasteiger partial charge in [0, 0.05) is 12.5 Å². The Balaban J connectivity index is 1.97. The van der Waals surface area contributed by atoms with Gasteiger partial charge in [0.1, 0.15) is 5.75 Å². The summed E-state index contributed by atoms with van der Waals surface area (Å²) in [5.41, 5.74) is 7.56. The number of nitrogens with one attached hydrogen (secondary N) is 1. The number of carbonyl (C=O) groups excluding carboxylic acids is 1. The topological polar surface area (TPSA) is 64.3 Å². The van der Waals surface area contributed by atoms with Crippen LogP contribution in [-0.4, -0.2) is 13.0 Å². The number of carbonyl (C=O) groups is 1. The molecule has 0 atom stereocenters. The Bertz CT molecular complexity index is 521. The lowest BCUT2D eigenvalue weighted by Gasteiger charge is -2.09. The fraction of sp³-hybridized carbons (Fsp3) is 0.562. The molecule has 0 heterocycles. The van der Waals surface area contributed by atoms with Crippen LogP contribution < -0.4 is 15.8 Å². The summed E-state index contributed by atoms with van der Waals surface area (Å²) >= 11 is 0. The highest BCUT2D eigenvalue weighted by Gasteiger charge is 2.68. The molecule has 1 amide bonds. The second-order valence-corrected chi connectivity index (χ2v) is 6.67. The molecule has 1 aromatic carbocycles. The third-order valence-corrected chi connectivity index (χ3v) is 5.04. The number of hydrogen-bond acceptors (Lipinski definition) is 3. The molecule has 4 heteroatoms. The molecule has 1 aliphatic rings. The first-order valence-electron chi connectivity index (χ1n) is 6.92. The van der Waals surface area contributed by atoms with Crippen LogP contribution >= 0.6 is 0 Å². The van der Waals surface area contributed by atoms with E-state index < -0.39 is 0 Å². The average molecular weight is 276 g/mol. The SMILES string of the molecule is COc1ccc(CNC(=O)C2C(C)(C)C2(C)C)cc1N. The molecule has 20 heavy (non-hydrogen) atoms. The molecule has 0 bridgehead atoms. The monoisotopic (exact) mass is 276 g/mol. The first-order chi connectivity index (χ1) is 9.21. The van der Waals surface area contributed by atoms with Gasteiger partial charge in [0.25, 0.3) is 0 Å². The zero-order valence-electron chi connectivity index (χ0n) is 12.9. The Morgan fingerprint density at radius 2 is 1.90 bits per heavy atom. The highest BCUT2D eigenvalue weighted by Crippen LogP contribution is 2.68. The highest BCUT2D eigenvalue weighted by molar-refractivity contribution is 5.84. The average Bonchev–Trinajstić information content (AvgIpc) is 2.77. The van der Waals surface area contributed by atoms with Crippen molar-refractivity contribution in [2.24, 2.45) is 16.7 Å². The number of benzene rings is 1. The van der Waals surface area contributed by atoms with E-state index in [2.05, 4.69) is 33.0 Å². The van der Waals surface area contributed by atoms with E-state index in [1.54, 1.807) is 7.11 Å². The lowest BCUT2D eigenvalue weighted by molar-refractivity contribution is -0.123. The fourth-order valence-corrected chi connectivity index (χ4v) is 3.04. The number of hydrogen-bond donors (Lipinski definition) is 2. The molecular weight excluding hydrogens is 252 g/mol. The molecule has 0 radical (unpaired) electrons. The molecular formula is C16H24N2O2. The van der Waals surface area contributed by atoms with Crippen LogP contribution in [0.5, 0.6) is 5.75 Å².